The highest BCUT2D eigenvalue weighted by Gasteiger charge is 2.02. The zero-order chi connectivity index (χ0) is 14.5. The number of nitrogens with one attached hydrogen (secondary N) is 2. The Morgan fingerprint density at radius 3 is 2.81 bits per heavy atom. The zero-order valence-electron chi connectivity index (χ0n) is 11.9. The topological polar surface area (TPSA) is 53.3 Å². The molecule has 0 atom stereocenters. The van der Waals surface area contributed by atoms with Crippen LogP contribution in [0.15, 0.2) is 65.3 Å². The number of benzene rings is 1. The molecule has 1 aliphatic rings. The maximum Gasteiger partial charge on any atom is 0.181 e. The molecule has 2 heterocycles. The molecule has 0 bridgehead atoms. The van der Waals surface area contributed by atoms with Crippen molar-refractivity contribution < 1.29 is 4.42 Å². The number of rotatable bonds is 4. The summed E-state index contributed by atoms with van der Waals surface area (Å²) in [7, 11) is 2.08. The largest absolute Gasteiger partial charge is 0.444 e. The fourth-order valence-electron chi connectivity index (χ4n) is 2.09. The second-order valence-corrected chi connectivity index (χ2v) is 4.98. The second kappa shape index (κ2) is 6.17. The summed E-state index contributed by atoms with van der Waals surface area (Å²) in [5, 5.41) is 0. The predicted molar refractivity (Wildman–Crippen MR) is 83.2 cm³/mol. The van der Waals surface area contributed by atoms with Gasteiger partial charge in [-0.05, 0) is 48.5 Å². The van der Waals surface area contributed by atoms with Crippen molar-refractivity contribution >= 4 is 5.69 Å². The summed E-state index contributed by atoms with van der Waals surface area (Å²) < 4.78 is 5.26. The third-order valence-electron chi connectivity index (χ3n) is 3.37. The molecule has 0 unspecified atom stereocenters. The van der Waals surface area contributed by atoms with E-state index in [2.05, 4.69) is 40.1 Å². The normalized spacial score (nSPS) is 16.2. The van der Waals surface area contributed by atoms with Gasteiger partial charge in [0.15, 0.2) is 12.2 Å². The monoisotopic (exact) mass is 282 g/mol. The lowest BCUT2D eigenvalue weighted by atomic mass is 10.1. The van der Waals surface area contributed by atoms with Gasteiger partial charge in [-0.1, -0.05) is 0 Å². The van der Waals surface area contributed by atoms with Crippen LogP contribution in [-0.4, -0.2) is 23.5 Å². The molecule has 0 aliphatic carbocycles. The SMILES string of the molecule is CN1C=CC(=CNNc2ccc(-c3cnco3)cc2)CC1. The van der Waals surface area contributed by atoms with E-state index in [4.69, 9.17) is 4.42 Å². The minimum absolute atomic E-state index is 0.771. The quantitative estimate of drug-likeness (QED) is 0.844. The van der Waals surface area contributed by atoms with Gasteiger partial charge in [0.25, 0.3) is 0 Å². The molecule has 0 spiro atoms. The van der Waals surface area contributed by atoms with E-state index < -0.39 is 0 Å². The van der Waals surface area contributed by atoms with Crippen LogP contribution in [0.4, 0.5) is 5.69 Å². The number of allylic oxidation sites excluding steroid dienone is 1. The molecule has 0 saturated heterocycles. The van der Waals surface area contributed by atoms with Crippen molar-refractivity contribution in [1.82, 2.24) is 15.3 Å². The van der Waals surface area contributed by atoms with Crippen LogP contribution in [0.25, 0.3) is 11.3 Å². The van der Waals surface area contributed by atoms with E-state index in [1.807, 2.05) is 30.5 Å². The molecule has 0 radical (unpaired) electrons. The van der Waals surface area contributed by atoms with Gasteiger partial charge in [0.2, 0.25) is 0 Å². The van der Waals surface area contributed by atoms with Crippen LogP contribution in [0.5, 0.6) is 0 Å². The van der Waals surface area contributed by atoms with Gasteiger partial charge >= 0.3 is 0 Å². The molecule has 0 saturated carbocycles. The number of oxazole rings is 1. The minimum atomic E-state index is 0.771. The van der Waals surface area contributed by atoms with Gasteiger partial charge in [-0.25, -0.2) is 4.98 Å². The summed E-state index contributed by atoms with van der Waals surface area (Å²) in [5.74, 6) is 0.771. The molecule has 1 aromatic heterocycles. The van der Waals surface area contributed by atoms with Gasteiger partial charge in [0.05, 0.1) is 11.9 Å². The number of hydrogen-bond acceptors (Lipinski definition) is 5. The zero-order valence-corrected chi connectivity index (χ0v) is 11.9. The van der Waals surface area contributed by atoms with Crippen LogP contribution < -0.4 is 10.9 Å². The summed E-state index contributed by atoms with van der Waals surface area (Å²) in [4.78, 5) is 6.09. The van der Waals surface area contributed by atoms with Gasteiger partial charge in [0, 0.05) is 25.4 Å². The number of hydrogen-bond donors (Lipinski definition) is 2. The van der Waals surface area contributed by atoms with Crippen molar-refractivity contribution in [2.24, 2.45) is 0 Å². The minimum Gasteiger partial charge on any atom is -0.444 e. The van der Waals surface area contributed by atoms with Gasteiger partial charge in [-0.2, -0.15) is 0 Å². The Bertz CT molecular complexity index is 629. The first-order chi connectivity index (χ1) is 10.3. The first-order valence-electron chi connectivity index (χ1n) is 6.89. The highest BCUT2D eigenvalue weighted by molar-refractivity contribution is 5.60. The Morgan fingerprint density at radius 2 is 2.14 bits per heavy atom. The molecule has 2 aromatic rings. The molecular formula is C16H18N4O. The van der Waals surface area contributed by atoms with E-state index in [0.29, 0.717) is 0 Å². The van der Waals surface area contributed by atoms with Gasteiger partial charge in [0.1, 0.15) is 0 Å². The predicted octanol–water partition coefficient (Wildman–Crippen LogP) is 2.99. The smallest absolute Gasteiger partial charge is 0.181 e. The van der Waals surface area contributed by atoms with E-state index in [1.165, 1.54) is 12.0 Å². The van der Waals surface area contributed by atoms with Gasteiger partial charge < -0.3 is 20.2 Å². The van der Waals surface area contributed by atoms with E-state index in [-0.39, 0.29) is 0 Å². The molecule has 5 nitrogen and oxygen atoms in total. The number of anilines is 1. The molecule has 3 rings (SSSR count). The Balaban J connectivity index is 1.56. The summed E-state index contributed by atoms with van der Waals surface area (Å²) in [5.41, 5.74) is 9.56. The Morgan fingerprint density at radius 1 is 1.29 bits per heavy atom. The number of nitrogens with zero attached hydrogens (tertiary/aromatic N) is 2. The average molecular weight is 282 g/mol. The van der Waals surface area contributed by atoms with Crippen LogP contribution >= 0.6 is 0 Å². The standard InChI is InChI=1S/C16H18N4O/c1-20-8-6-13(7-9-20)10-18-19-15-4-2-14(3-5-15)16-11-17-12-21-16/h2-6,8,10-12,18-19H,7,9H2,1H3. The van der Waals surface area contributed by atoms with Crippen LogP contribution in [0.2, 0.25) is 0 Å². The fraction of sp³-hybridized carbons (Fsp3) is 0.188. The molecule has 21 heavy (non-hydrogen) atoms. The summed E-state index contributed by atoms with van der Waals surface area (Å²) in [6.07, 6.45) is 10.4. The third kappa shape index (κ3) is 3.45. The first-order valence-corrected chi connectivity index (χ1v) is 6.89. The van der Waals surface area contributed by atoms with Gasteiger partial charge in [-0.3, -0.25) is 0 Å². The van der Waals surface area contributed by atoms with Crippen LogP contribution in [0.3, 0.4) is 0 Å². The fourth-order valence-corrected chi connectivity index (χ4v) is 2.09. The van der Waals surface area contributed by atoms with Crippen molar-refractivity contribution in [3.8, 4) is 11.3 Å². The van der Waals surface area contributed by atoms with Crippen LogP contribution in [0, 0.1) is 0 Å². The highest BCUT2D eigenvalue weighted by atomic mass is 16.3. The van der Waals surface area contributed by atoms with E-state index in [9.17, 15) is 0 Å². The summed E-state index contributed by atoms with van der Waals surface area (Å²) in [6.45, 7) is 1.05. The number of aromatic nitrogens is 1. The van der Waals surface area contributed by atoms with Crippen molar-refractivity contribution in [2.75, 3.05) is 19.0 Å². The van der Waals surface area contributed by atoms with Crippen LogP contribution in [-0.2, 0) is 0 Å². The first kappa shape index (κ1) is 13.3. The van der Waals surface area contributed by atoms with E-state index in [0.717, 1.165) is 30.0 Å². The molecule has 1 aromatic carbocycles. The van der Waals surface area contributed by atoms with Crippen molar-refractivity contribution in [2.45, 2.75) is 6.42 Å². The second-order valence-electron chi connectivity index (χ2n) is 4.98. The summed E-state index contributed by atoms with van der Waals surface area (Å²) >= 11 is 0. The lowest BCUT2D eigenvalue weighted by Gasteiger charge is -2.19. The Labute approximate surface area is 124 Å². The maximum atomic E-state index is 5.26. The lowest BCUT2D eigenvalue weighted by Crippen LogP contribution is -2.19. The lowest BCUT2D eigenvalue weighted by molar-refractivity contribution is 0.448. The summed E-state index contributed by atoms with van der Waals surface area (Å²) in [6, 6.07) is 7.97. The maximum absolute atomic E-state index is 5.26. The molecule has 2 N–H and O–H groups in total. The van der Waals surface area contributed by atoms with E-state index >= 15 is 0 Å². The molecule has 0 fully saturated rings. The Hall–Kier alpha value is -2.69. The molecule has 108 valence electrons. The van der Waals surface area contributed by atoms with Crippen molar-refractivity contribution in [3.05, 3.63) is 60.9 Å². The van der Waals surface area contributed by atoms with Crippen molar-refractivity contribution in [1.29, 1.82) is 0 Å². The molecule has 0 amide bonds. The number of hydrazine groups is 1. The average Bonchev–Trinajstić information content (AvgIpc) is 3.04. The van der Waals surface area contributed by atoms with Crippen LogP contribution in [0.1, 0.15) is 6.42 Å². The molecule has 1 aliphatic heterocycles. The van der Waals surface area contributed by atoms with E-state index in [1.54, 1.807) is 6.20 Å². The van der Waals surface area contributed by atoms with Gasteiger partial charge in [-0.15, -0.1) is 0 Å². The molecule has 5 heteroatoms. The highest BCUT2D eigenvalue weighted by Crippen LogP contribution is 2.20. The third-order valence-corrected chi connectivity index (χ3v) is 3.37. The van der Waals surface area contributed by atoms with Crippen molar-refractivity contribution in [3.63, 3.8) is 0 Å². The Kier molecular flexibility index (Phi) is 3.91. The molecular weight excluding hydrogens is 264 g/mol.